The van der Waals surface area contributed by atoms with Crippen LogP contribution in [-0.4, -0.2) is 39.2 Å². The van der Waals surface area contributed by atoms with Crippen molar-refractivity contribution >= 4 is 17.5 Å². The third-order valence-electron chi connectivity index (χ3n) is 3.72. The molecule has 0 aliphatic carbocycles. The topological polar surface area (TPSA) is 80.1 Å². The molecule has 23 heavy (non-hydrogen) atoms. The lowest BCUT2D eigenvalue weighted by atomic mass is 10.2. The van der Waals surface area contributed by atoms with Crippen LogP contribution in [0.4, 0.5) is 10.1 Å². The van der Waals surface area contributed by atoms with Crippen molar-refractivity contribution in [1.29, 1.82) is 0 Å². The van der Waals surface area contributed by atoms with Crippen molar-refractivity contribution in [2.75, 3.05) is 11.4 Å². The molecule has 1 fully saturated rings. The van der Waals surface area contributed by atoms with Crippen LogP contribution >= 0.6 is 0 Å². The molecule has 1 N–H and O–H groups in total. The Hall–Kier alpha value is -2.77. The van der Waals surface area contributed by atoms with Crippen molar-refractivity contribution in [3.63, 3.8) is 0 Å². The summed E-state index contributed by atoms with van der Waals surface area (Å²) >= 11 is 0. The summed E-state index contributed by atoms with van der Waals surface area (Å²) in [7, 11) is 0. The first-order chi connectivity index (χ1) is 11.1. The summed E-state index contributed by atoms with van der Waals surface area (Å²) in [6, 6.07) is 5.51. The quantitative estimate of drug-likeness (QED) is 0.881. The number of aryl methyl sites for hydroxylation is 1. The zero-order chi connectivity index (χ0) is 16.2. The largest absolute Gasteiger partial charge is 0.344 e. The highest BCUT2D eigenvalue weighted by Crippen LogP contribution is 2.24. The van der Waals surface area contributed by atoms with E-state index in [4.69, 9.17) is 0 Å². The van der Waals surface area contributed by atoms with Crippen LogP contribution < -0.4 is 10.2 Å². The number of carbonyl (C=O) groups excluding carboxylic acids is 2. The molecular weight excluding hydrogens is 301 g/mol. The number of para-hydroxylation sites is 1. The molecule has 1 unspecified atom stereocenters. The van der Waals surface area contributed by atoms with Gasteiger partial charge in [-0.25, -0.2) is 9.37 Å². The van der Waals surface area contributed by atoms with Crippen LogP contribution in [0.2, 0.25) is 0 Å². The number of anilines is 1. The minimum Gasteiger partial charge on any atom is -0.344 e. The number of halogens is 1. The molecule has 0 radical (unpaired) electrons. The van der Waals surface area contributed by atoms with Crippen molar-refractivity contribution < 1.29 is 14.0 Å². The lowest BCUT2D eigenvalue weighted by Crippen LogP contribution is -2.42. The van der Waals surface area contributed by atoms with E-state index in [1.54, 1.807) is 22.9 Å². The number of nitrogens with one attached hydrogen (secondary N) is 1. The molecule has 7 nitrogen and oxygen atoms in total. The third-order valence-corrected chi connectivity index (χ3v) is 3.72. The highest BCUT2D eigenvalue weighted by atomic mass is 19.1. The molecule has 1 saturated heterocycles. The van der Waals surface area contributed by atoms with E-state index in [1.165, 1.54) is 23.6 Å². The van der Waals surface area contributed by atoms with Gasteiger partial charge in [-0.2, -0.15) is 5.10 Å². The molecule has 1 aromatic carbocycles. The molecule has 120 valence electrons. The number of benzene rings is 1. The molecule has 1 aliphatic heterocycles. The van der Waals surface area contributed by atoms with Crippen molar-refractivity contribution in [2.24, 2.45) is 0 Å². The second kappa shape index (κ2) is 6.55. The highest BCUT2D eigenvalue weighted by Gasteiger charge is 2.34. The third kappa shape index (κ3) is 3.36. The fraction of sp³-hybridized carbons (Fsp3) is 0.333. The SMILES string of the molecule is O=C(CCn1cncn1)NC1CCN(c2ccccc2F)C1=O. The van der Waals surface area contributed by atoms with Crippen molar-refractivity contribution in [3.8, 4) is 0 Å². The molecular formula is C15H16FN5O2. The first-order valence-electron chi connectivity index (χ1n) is 7.33. The first-order valence-corrected chi connectivity index (χ1v) is 7.33. The number of nitrogens with zero attached hydrogens (tertiary/aromatic N) is 4. The maximum atomic E-state index is 13.8. The van der Waals surface area contributed by atoms with Crippen LogP contribution in [0.15, 0.2) is 36.9 Å². The smallest absolute Gasteiger partial charge is 0.249 e. The van der Waals surface area contributed by atoms with Gasteiger partial charge in [0.1, 0.15) is 24.5 Å². The Bertz CT molecular complexity index is 704. The van der Waals surface area contributed by atoms with Crippen LogP contribution in [0.1, 0.15) is 12.8 Å². The first kappa shape index (κ1) is 15.1. The van der Waals surface area contributed by atoms with Crippen molar-refractivity contribution in [1.82, 2.24) is 20.1 Å². The lowest BCUT2D eigenvalue weighted by molar-refractivity contribution is -0.126. The minimum atomic E-state index is -0.613. The van der Waals surface area contributed by atoms with Gasteiger partial charge >= 0.3 is 0 Å². The monoisotopic (exact) mass is 317 g/mol. The summed E-state index contributed by atoms with van der Waals surface area (Å²) in [5.41, 5.74) is 0.247. The number of rotatable bonds is 5. The van der Waals surface area contributed by atoms with Gasteiger partial charge in [0, 0.05) is 13.0 Å². The molecule has 0 saturated carbocycles. The molecule has 0 bridgehead atoms. The second-order valence-electron chi connectivity index (χ2n) is 5.26. The van der Waals surface area contributed by atoms with Crippen LogP contribution in [-0.2, 0) is 16.1 Å². The van der Waals surface area contributed by atoms with E-state index >= 15 is 0 Å². The zero-order valence-corrected chi connectivity index (χ0v) is 12.4. The van der Waals surface area contributed by atoms with Gasteiger partial charge in [0.2, 0.25) is 11.8 Å². The molecule has 1 aliphatic rings. The normalized spacial score (nSPS) is 17.5. The zero-order valence-electron chi connectivity index (χ0n) is 12.4. The summed E-state index contributed by atoms with van der Waals surface area (Å²) in [5, 5.41) is 6.60. The predicted molar refractivity (Wildman–Crippen MR) is 79.9 cm³/mol. The molecule has 2 amide bonds. The van der Waals surface area contributed by atoms with Crippen LogP contribution in [0.3, 0.4) is 0 Å². The van der Waals surface area contributed by atoms with E-state index in [0.29, 0.717) is 19.5 Å². The maximum absolute atomic E-state index is 13.8. The van der Waals surface area contributed by atoms with E-state index in [2.05, 4.69) is 15.4 Å². The molecule has 1 atom stereocenters. The predicted octanol–water partition coefficient (Wildman–Crippen LogP) is 0.729. The average molecular weight is 317 g/mol. The Morgan fingerprint density at radius 1 is 1.39 bits per heavy atom. The van der Waals surface area contributed by atoms with Gasteiger partial charge in [-0.3, -0.25) is 14.3 Å². The van der Waals surface area contributed by atoms with Gasteiger partial charge < -0.3 is 10.2 Å². The van der Waals surface area contributed by atoms with Crippen LogP contribution in [0, 0.1) is 5.82 Å². The molecule has 1 aromatic heterocycles. The summed E-state index contributed by atoms with van der Waals surface area (Å²) in [6.07, 6.45) is 3.58. The number of hydrogen-bond acceptors (Lipinski definition) is 4. The van der Waals surface area contributed by atoms with Crippen LogP contribution in [0.5, 0.6) is 0 Å². The summed E-state index contributed by atoms with van der Waals surface area (Å²) in [6.45, 7) is 0.775. The van der Waals surface area contributed by atoms with Crippen molar-refractivity contribution in [3.05, 3.63) is 42.7 Å². The van der Waals surface area contributed by atoms with Crippen molar-refractivity contribution in [2.45, 2.75) is 25.4 Å². The number of amides is 2. The number of carbonyl (C=O) groups is 2. The molecule has 2 aromatic rings. The van der Waals surface area contributed by atoms with Gasteiger partial charge in [0.05, 0.1) is 12.2 Å². The van der Waals surface area contributed by atoms with Gasteiger partial charge in [0.15, 0.2) is 0 Å². The summed E-state index contributed by atoms with van der Waals surface area (Å²) in [4.78, 5) is 29.4. The van der Waals surface area contributed by atoms with E-state index in [0.717, 1.165) is 0 Å². The fourth-order valence-electron chi connectivity index (χ4n) is 2.55. The summed E-state index contributed by atoms with van der Waals surface area (Å²) in [5.74, 6) is -0.975. The van der Waals surface area contributed by atoms with E-state index in [1.807, 2.05) is 0 Å². The average Bonchev–Trinajstić information content (AvgIpc) is 3.17. The maximum Gasteiger partial charge on any atom is 0.249 e. The van der Waals surface area contributed by atoms with Gasteiger partial charge in [-0.05, 0) is 18.6 Å². The minimum absolute atomic E-state index is 0.201. The Morgan fingerprint density at radius 2 is 2.22 bits per heavy atom. The summed E-state index contributed by atoms with van der Waals surface area (Å²) < 4.78 is 15.3. The molecule has 3 rings (SSSR count). The fourth-order valence-corrected chi connectivity index (χ4v) is 2.55. The Morgan fingerprint density at radius 3 is 2.96 bits per heavy atom. The van der Waals surface area contributed by atoms with E-state index < -0.39 is 11.9 Å². The number of aromatic nitrogens is 3. The number of hydrogen-bond donors (Lipinski definition) is 1. The molecule has 0 spiro atoms. The standard InChI is InChI=1S/C15H16FN5O2/c16-11-3-1-2-4-13(11)21-8-5-12(15(21)23)19-14(22)6-7-20-10-17-9-18-20/h1-4,9-10,12H,5-8H2,(H,19,22). The Balaban J connectivity index is 1.57. The van der Waals surface area contributed by atoms with Gasteiger partial charge in [-0.1, -0.05) is 12.1 Å². The Labute approximate surface area is 132 Å². The van der Waals surface area contributed by atoms with E-state index in [9.17, 15) is 14.0 Å². The van der Waals surface area contributed by atoms with Crippen LogP contribution in [0.25, 0.3) is 0 Å². The second-order valence-corrected chi connectivity index (χ2v) is 5.26. The van der Waals surface area contributed by atoms with Gasteiger partial charge in [-0.15, -0.1) is 0 Å². The molecule has 8 heteroatoms. The lowest BCUT2D eigenvalue weighted by Gasteiger charge is -2.17. The van der Waals surface area contributed by atoms with E-state index in [-0.39, 0.29) is 23.9 Å². The van der Waals surface area contributed by atoms with Gasteiger partial charge in [0.25, 0.3) is 0 Å². The molecule has 2 heterocycles. The highest BCUT2D eigenvalue weighted by molar-refractivity contribution is 6.01. The Kier molecular flexibility index (Phi) is 4.31.